The number of rotatable bonds is 1. The van der Waals surface area contributed by atoms with Gasteiger partial charge >= 0.3 is 0 Å². The Morgan fingerprint density at radius 1 is 1.53 bits per heavy atom. The first-order chi connectivity index (χ1) is 7.24. The number of aromatic amines is 1. The molecule has 2 aromatic heterocycles. The normalized spacial score (nSPS) is 9.87. The van der Waals surface area contributed by atoms with Gasteiger partial charge in [0, 0.05) is 16.6 Å². The van der Waals surface area contributed by atoms with Crippen LogP contribution in [0.3, 0.4) is 0 Å². The second kappa shape index (κ2) is 3.71. The third-order valence-corrected chi connectivity index (χ3v) is 3.06. The highest BCUT2D eigenvalue weighted by atomic mass is 32.1. The lowest BCUT2D eigenvalue weighted by Gasteiger charge is -2.03. The Bertz CT molecular complexity index is 576. The zero-order chi connectivity index (χ0) is 10.8. The predicted octanol–water partition coefficient (Wildman–Crippen LogP) is 2.28. The molecule has 0 atom stereocenters. The van der Waals surface area contributed by atoms with Crippen LogP contribution in [0, 0.1) is 18.3 Å². The summed E-state index contributed by atoms with van der Waals surface area (Å²) in [5.74, 6) is 0. The molecule has 2 heterocycles. The lowest BCUT2D eigenvalue weighted by molar-refractivity contribution is 1.18. The van der Waals surface area contributed by atoms with E-state index in [1.807, 2.05) is 30.5 Å². The van der Waals surface area contributed by atoms with E-state index in [0.29, 0.717) is 0 Å². The predicted molar refractivity (Wildman–Crippen MR) is 59.8 cm³/mol. The summed E-state index contributed by atoms with van der Waals surface area (Å²) < 4.78 is 0. The van der Waals surface area contributed by atoms with Crippen LogP contribution in [0.4, 0.5) is 0 Å². The minimum Gasteiger partial charge on any atom is -0.328 e. The number of hydrogen-bond acceptors (Lipinski definition) is 3. The molecule has 0 unspecified atom stereocenters. The number of nitrogens with zero attached hydrogens (tertiary/aromatic N) is 1. The molecule has 0 spiro atoms. The smallest absolute Gasteiger partial charge is 0.266 e. The fourth-order valence-electron chi connectivity index (χ4n) is 1.47. The maximum atomic E-state index is 11.4. The van der Waals surface area contributed by atoms with Crippen molar-refractivity contribution in [1.29, 1.82) is 5.26 Å². The summed E-state index contributed by atoms with van der Waals surface area (Å²) in [5.41, 5.74) is 1.52. The van der Waals surface area contributed by atoms with E-state index in [4.69, 9.17) is 5.26 Å². The quantitative estimate of drug-likeness (QED) is 0.795. The molecule has 0 bridgehead atoms. The summed E-state index contributed by atoms with van der Waals surface area (Å²) in [6, 6.07) is 5.77. The molecule has 0 aliphatic rings. The zero-order valence-electron chi connectivity index (χ0n) is 8.07. The van der Waals surface area contributed by atoms with Gasteiger partial charge in [-0.2, -0.15) is 5.26 Å². The average Bonchev–Trinajstić information content (AvgIpc) is 2.74. The van der Waals surface area contributed by atoms with E-state index in [9.17, 15) is 4.79 Å². The number of H-pyrrole nitrogens is 1. The molecule has 3 nitrogen and oxygen atoms in total. The highest BCUT2D eigenvalue weighted by molar-refractivity contribution is 7.13. The Balaban J connectivity index is 2.82. The molecule has 0 saturated carbocycles. The highest BCUT2D eigenvalue weighted by Crippen LogP contribution is 2.28. The molecular weight excluding hydrogens is 208 g/mol. The van der Waals surface area contributed by atoms with Crippen molar-refractivity contribution in [1.82, 2.24) is 4.98 Å². The molecule has 1 N–H and O–H groups in total. The Morgan fingerprint density at radius 2 is 2.33 bits per heavy atom. The third kappa shape index (κ3) is 1.58. The van der Waals surface area contributed by atoms with Crippen molar-refractivity contribution in [2.45, 2.75) is 6.92 Å². The molecule has 2 rings (SSSR count). The van der Waals surface area contributed by atoms with Gasteiger partial charge in [0.1, 0.15) is 11.6 Å². The standard InChI is InChI=1S/C11H8N2OS/c1-7-6-13-11(14)8(5-12)10(7)9-3-2-4-15-9/h2-4,6H,1H3,(H,13,14). The summed E-state index contributed by atoms with van der Waals surface area (Å²) >= 11 is 1.52. The van der Waals surface area contributed by atoms with Crippen LogP contribution in [-0.4, -0.2) is 4.98 Å². The first-order valence-corrected chi connectivity index (χ1v) is 5.28. The lowest BCUT2D eigenvalue weighted by Crippen LogP contribution is -2.11. The summed E-state index contributed by atoms with van der Waals surface area (Å²) in [6.07, 6.45) is 1.64. The fourth-order valence-corrected chi connectivity index (χ4v) is 2.32. The van der Waals surface area contributed by atoms with Gasteiger partial charge in [-0.05, 0) is 23.9 Å². The SMILES string of the molecule is Cc1c[nH]c(=O)c(C#N)c1-c1cccs1. The van der Waals surface area contributed by atoms with Crippen molar-refractivity contribution in [3.05, 3.63) is 45.2 Å². The second-order valence-corrected chi connectivity index (χ2v) is 4.09. The van der Waals surface area contributed by atoms with Gasteiger partial charge in [0.05, 0.1) is 0 Å². The minimum atomic E-state index is -0.327. The van der Waals surface area contributed by atoms with E-state index in [2.05, 4.69) is 4.98 Å². The molecule has 0 saturated heterocycles. The molecule has 0 aliphatic carbocycles. The van der Waals surface area contributed by atoms with Crippen molar-refractivity contribution >= 4 is 11.3 Å². The summed E-state index contributed by atoms with van der Waals surface area (Å²) in [7, 11) is 0. The van der Waals surface area contributed by atoms with Gasteiger partial charge in [0.25, 0.3) is 5.56 Å². The van der Waals surface area contributed by atoms with Crippen LogP contribution in [0.1, 0.15) is 11.1 Å². The summed E-state index contributed by atoms with van der Waals surface area (Å²) in [4.78, 5) is 14.9. The number of hydrogen-bond donors (Lipinski definition) is 1. The highest BCUT2D eigenvalue weighted by Gasteiger charge is 2.12. The fraction of sp³-hybridized carbons (Fsp3) is 0.0909. The van der Waals surface area contributed by atoms with E-state index >= 15 is 0 Å². The number of aryl methyl sites for hydroxylation is 1. The summed E-state index contributed by atoms with van der Waals surface area (Å²) in [5, 5.41) is 10.9. The molecule has 0 fully saturated rings. The minimum absolute atomic E-state index is 0.192. The van der Waals surface area contributed by atoms with Gasteiger partial charge in [-0.25, -0.2) is 0 Å². The van der Waals surface area contributed by atoms with Gasteiger partial charge in [-0.15, -0.1) is 11.3 Å². The van der Waals surface area contributed by atoms with Crippen LogP contribution in [0.5, 0.6) is 0 Å². The van der Waals surface area contributed by atoms with Crippen molar-refractivity contribution in [3.8, 4) is 16.5 Å². The topological polar surface area (TPSA) is 56.6 Å². The van der Waals surface area contributed by atoms with Crippen LogP contribution in [0.2, 0.25) is 0 Å². The van der Waals surface area contributed by atoms with E-state index in [0.717, 1.165) is 16.0 Å². The average molecular weight is 216 g/mol. The summed E-state index contributed by atoms with van der Waals surface area (Å²) in [6.45, 7) is 1.88. The van der Waals surface area contributed by atoms with Gasteiger partial charge < -0.3 is 4.98 Å². The molecule has 0 aromatic carbocycles. The monoisotopic (exact) mass is 216 g/mol. The van der Waals surface area contributed by atoms with Crippen LogP contribution in [0.15, 0.2) is 28.5 Å². The van der Waals surface area contributed by atoms with Gasteiger partial charge in [-0.3, -0.25) is 4.79 Å². The van der Waals surface area contributed by atoms with E-state index in [1.54, 1.807) is 6.20 Å². The Morgan fingerprint density at radius 3 is 2.93 bits per heavy atom. The molecule has 2 aromatic rings. The van der Waals surface area contributed by atoms with Gasteiger partial charge in [-0.1, -0.05) is 6.07 Å². The van der Waals surface area contributed by atoms with Crippen LogP contribution in [-0.2, 0) is 0 Å². The molecule has 15 heavy (non-hydrogen) atoms. The molecule has 0 amide bonds. The number of thiophene rings is 1. The maximum absolute atomic E-state index is 11.4. The van der Waals surface area contributed by atoms with Crippen LogP contribution < -0.4 is 5.56 Å². The molecule has 0 radical (unpaired) electrons. The lowest BCUT2D eigenvalue weighted by atomic mass is 10.0. The molecular formula is C11H8N2OS. The third-order valence-electron chi connectivity index (χ3n) is 2.17. The van der Waals surface area contributed by atoms with Gasteiger partial charge in [0.15, 0.2) is 0 Å². The maximum Gasteiger partial charge on any atom is 0.266 e. The molecule has 4 heteroatoms. The Labute approximate surface area is 90.6 Å². The number of aromatic nitrogens is 1. The van der Waals surface area contributed by atoms with Gasteiger partial charge in [0.2, 0.25) is 0 Å². The first kappa shape index (κ1) is 9.69. The van der Waals surface area contributed by atoms with E-state index in [-0.39, 0.29) is 11.1 Å². The molecule has 74 valence electrons. The van der Waals surface area contributed by atoms with Crippen molar-refractivity contribution < 1.29 is 0 Å². The zero-order valence-corrected chi connectivity index (χ0v) is 8.89. The van der Waals surface area contributed by atoms with E-state index in [1.165, 1.54) is 11.3 Å². The number of nitrogens with one attached hydrogen (secondary N) is 1. The van der Waals surface area contributed by atoms with Crippen molar-refractivity contribution in [2.75, 3.05) is 0 Å². The van der Waals surface area contributed by atoms with Crippen molar-refractivity contribution in [2.24, 2.45) is 0 Å². The Kier molecular flexibility index (Phi) is 2.40. The largest absolute Gasteiger partial charge is 0.328 e. The first-order valence-electron chi connectivity index (χ1n) is 4.40. The van der Waals surface area contributed by atoms with Crippen molar-refractivity contribution in [3.63, 3.8) is 0 Å². The van der Waals surface area contributed by atoms with Crippen LogP contribution >= 0.6 is 11.3 Å². The Hall–Kier alpha value is -1.86. The molecule has 0 aliphatic heterocycles. The van der Waals surface area contributed by atoms with Crippen LogP contribution in [0.25, 0.3) is 10.4 Å². The number of nitriles is 1. The second-order valence-electron chi connectivity index (χ2n) is 3.14. The number of pyridine rings is 1. The van der Waals surface area contributed by atoms with E-state index < -0.39 is 0 Å².